The van der Waals surface area contributed by atoms with Crippen molar-refractivity contribution in [2.45, 2.75) is 71.1 Å². The van der Waals surface area contributed by atoms with Crippen LogP contribution in [0, 0.1) is 5.92 Å². The molecule has 1 saturated heterocycles. The van der Waals surface area contributed by atoms with E-state index in [9.17, 15) is 4.79 Å². The van der Waals surface area contributed by atoms with Crippen molar-refractivity contribution in [1.82, 2.24) is 0 Å². The van der Waals surface area contributed by atoms with Crippen molar-refractivity contribution in [1.29, 1.82) is 0 Å². The molecule has 0 saturated carbocycles. The molecule has 0 N–H and O–H groups in total. The van der Waals surface area contributed by atoms with Gasteiger partial charge >= 0.3 is 5.97 Å². The average molecular weight is 365 g/mol. The molecule has 0 aromatic heterocycles. The fourth-order valence-electron chi connectivity index (χ4n) is 2.54. The molecule has 0 spiro atoms. The first-order chi connectivity index (χ1) is 11.6. The summed E-state index contributed by atoms with van der Waals surface area (Å²) in [7, 11) is -1.85. The van der Waals surface area contributed by atoms with Gasteiger partial charge in [-0.3, -0.25) is 4.79 Å². The van der Waals surface area contributed by atoms with E-state index in [2.05, 4.69) is 33.9 Å². The Morgan fingerprint density at radius 1 is 1.20 bits per heavy atom. The summed E-state index contributed by atoms with van der Waals surface area (Å²) in [5.74, 6) is -0.430. The van der Waals surface area contributed by atoms with Gasteiger partial charge in [-0.1, -0.05) is 51.1 Å². The zero-order valence-electron chi connectivity index (χ0n) is 16.4. The van der Waals surface area contributed by atoms with E-state index in [1.165, 1.54) is 0 Å². The normalized spacial score (nSPS) is 24.9. The van der Waals surface area contributed by atoms with Crippen LogP contribution in [0.5, 0.6) is 0 Å². The smallest absolute Gasteiger partial charge is 0.311 e. The molecule has 1 aliphatic rings. The van der Waals surface area contributed by atoms with Crippen LogP contribution < -0.4 is 0 Å². The molecule has 5 heteroatoms. The first-order valence-electron chi connectivity index (χ1n) is 9.10. The molecule has 0 radical (unpaired) electrons. The lowest BCUT2D eigenvalue weighted by atomic mass is 9.96. The third kappa shape index (κ3) is 5.40. The van der Waals surface area contributed by atoms with Crippen LogP contribution in [0.1, 0.15) is 39.7 Å². The molecule has 1 aromatic rings. The summed E-state index contributed by atoms with van der Waals surface area (Å²) in [6.45, 7) is 13.9. The lowest BCUT2D eigenvalue weighted by Gasteiger charge is -2.39. The van der Waals surface area contributed by atoms with Crippen LogP contribution in [0.25, 0.3) is 0 Å². The Balaban J connectivity index is 1.92. The summed E-state index contributed by atoms with van der Waals surface area (Å²) in [5, 5.41) is 0.141. The van der Waals surface area contributed by atoms with Gasteiger partial charge < -0.3 is 13.9 Å². The highest BCUT2D eigenvalue weighted by molar-refractivity contribution is 6.74. The van der Waals surface area contributed by atoms with Gasteiger partial charge in [-0.2, -0.15) is 0 Å². The van der Waals surface area contributed by atoms with Gasteiger partial charge in [0.05, 0.1) is 25.2 Å². The van der Waals surface area contributed by atoms with Crippen LogP contribution in [0.4, 0.5) is 0 Å². The van der Waals surface area contributed by atoms with E-state index in [-0.39, 0.29) is 29.1 Å². The average Bonchev–Trinajstić information content (AvgIpc) is 2.54. The Morgan fingerprint density at radius 2 is 1.84 bits per heavy atom. The fraction of sp³-hybridized carbons (Fsp3) is 0.650. The van der Waals surface area contributed by atoms with E-state index < -0.39 is 8.32 Å². The van der Waals surface area contributed by atoms with E-state index in [1.807, 2.05) is 37.3 Å². The number of ether oxygens (including phenoxy) is 2. The molecular formula is C20H32O4Si. The van der Waals surface area contributed by atoms with E-state index in [0.29, 0.717) is 19.6 Å². The number of cyclic esters (lactones) is 1. The van der Waals surface area contributed by atoms with Crippen molar-refractivity contribution in [2.75, 3.05) is 6.61 Å². The zero-order valence-corrected chi connectivity index (χ0v) is 17.4. The number of esters is 1. The molecule has 0 bridgehead atoms. The summed E-state index contributed by atoms with van der Waals surface area (Å²) in [5.41, 5.74) is 1.11. The maximum Gasteiger partial charge on any atom is 0.311 e. The Bertz CT molecular complexity index is 565. The summed E-state index contributed by atoms with van der Waals surface area (Å²) >= 11 is 0. The van der Waals surface area contributed by atoms with Crippen molar-refractivity contribution in [3.05, 3.63) is 35.9 Å². The summed E-state index contributed by atoms with van der Waals surface area (Å²) < 4.78 is 17.8. The molecule has 0 amide bonds. The van der Waals surface area contributed by atoms with E-state index in [0.717, 1.165) is 5.56 Å². The van der Waals surface area contributed by atoms with Crippen LogP contribution in [-0.4, -0.2) is 33.1 Å². The largest absolute Gasteiger partial charge is 0.460 e. The molecule has 140 valence electrons. The van der Waals surface area contributed by atoms with Crippen molar-refractivity contribution in [3.8, 4) is 0 Å². The monoisotopic (exact) mass is 364 g/mol. The van der Waals surface area contributed by atoms with Gasteiger partial charge in [0.25, 0.3) is 0 Å². The molecular weight excluding hydrogens is 332 g/mol. The predicted octanol–water partition coefficient (Wildman–Crippen LogP) is 4.55. The predicted molar refractivity (Wildman–Crippen MR) is 102 cm³/mol. The Morgan fingerprint density at radius 3 is 2.44 bits per heavy atom. The van der Waals surface area contributed by atoms with Gasteiger partial charge in [0, 0.05) is 6.42 Å². The Hall–Kier alpha value is -1.17. The molecule has 4 nitrogen and oxygen atoms in total. The SMILES string of the molecule is C[C@@H]1C(=O)O[C@H](CO[Si](C)(C)C(C)(C)C)C[C@@H]1OCc1ccccc1. The summed E-state index contributed by atoms with van der Waals surface area (Å²) in [4.78, 5) is 12.2. The molecule has 1 heterocycles. The second-order valence-corrected chi connectivity index (χ2v) is 13.3. The molecule has 0 aliphatic carbocycles. The Kier molecular flexibility index (Phi) is 6.46. The first-order valence-corrected chi connectivity index (χ1v) is 12.0. The van der Waals surface area contributed by atoms with Gasteiger partial charge in [0.1, 0.15) is 6.10 Å². The maximum atomic E-state index is 12.2. The number of carbonyl (C=O) groups is 1. The standard InChI is InChI=1S/C20H32O4Si/c1-15-18(22-13-16-10-8-7-9-11-16)12-17(24-19(15)21)14-23-25(5,6)20(2,3)4/h7-11,15,17-18H,12-14H2,1-6H3/t15-,17-,18-/m0/s1. The van der Waals surface area contributed by atoms with Crippen molar-refractivity contribution in [2.24, 2.45) is 5.92 Å². The second-order valence-electron chi connectivity index (χ2n) is 8.49. The highest BCUT2D eigenvalue weighted by atomic mass is 28.4. The molecule has 1 aliphatic heterocycles. The highest BCUT2D eigenvalue weighted by Gasteiger charge is 2.40. The third-order valence-corrected chi connectivity index (χ3v) is 9.95. The van der Waals surface area contributed by atoms with Crippen molar-refractivity contribution in [3.63, 3.8) is 0 Å². The maximum absolute atomic E-state index is 12.2. The van der Waals surface area contributed by atoms with E-state index in [1.54, 1.807) is 0 Å². The minimum atomic E-state index is -1.85. The minimum absolute atomic E-state index is 0.130. The van der Waals surface area contributed by atoms with Crippen LogP contribution >= 0.6 is 0 Å². The van der Waals surface area contributed by atoms with Crippen LogP contribution in [-0.2, 0) is 25.3 Å². The number of benzene rings is 1. The van der Waals surface area contributed by atoms with Crippen molar-refractivity contribution < 1.29 is 18.7 Å². The topological polar surface area (TPSA) is 44.8 Å². The number of hydrogen-bond acceptors (Lipinski definition) is 4. The second kappa shape index (κ2) is 8.02. The molecule has 25 heavy (non-hydrogen) atoms. The number of rotatable bonds is 6. The van der Waals surface area contributed by atoms with Crippen LogP contribution in [0.3, 0.4) is 0 Å². The minimum Gasteiger partial charge on any atom is -0.460 e. The Labute approximate surface area is 153 Å². The molecule has 0 unspecified atom stereocenters. The van der Waals surface area contributed by atoms with Gasteiger partial charge in [0.2, 0.25) is 0 Å². The van der Waals surface area contributed by atoms with Gasteiger partial charge in [-0.15, -0.1) is 0 Å². The van der Waals surface area contributed by atoms with Gasteiger partial charge in [0.15, 0.2) is 8.32 Å². The lowest BCUT2D eigenvalue weighted by molar-refractivity contribution is -0.176. The molecule has 3 atom stereocenters. The summed E-state index contributed by atoms with van der Waals surface area (Å²) in [6.07, 6.45) is 0.335. The zero-order chi connectivity index (χ0) is 18.7. The van der Waals surface area contributed by atoms with Gasteiger partial charge in [-0.05, 0) is 30.6 Å². The molecule has 1 aromatic carbocycles. The third-order valence-electron chi connectivity index (χ3n) is 5.45. The quantitative estimate of drug-likeness (QED) is 0.549. The van der Waals surface area contributed by atoms with E-state index in [4.69, 9.17) is 13.9 Å². The number of hydrogen-bond donors (Lipinski definition) is 0. The molecule has 2 rings (SSSR count). The lowest BCUT2D eigenvalue weighted by Crippen LogP contribution is -2.47. The van der Waals surface area contributed by atoms with E-state index >= 15 is 0 Å². The van der Waals surface area contributed by atoms with Gasteiger partial charge in [-0.25, -0.2) is 0 Å². The van der Waals surface area contributed by atoms with Crippen molar-refractivity contribution >= 4 is 14.3 Å². The molecule has 1 fully saturated rings. The first kappa shape index (κ1) is 20.1. The fourth-order valence-corrected chi connectivity index (χ4v) is 3.58. The number of carbonyl (C=O) groups excluding carboxylic acids is 1. The summed E-state index contributed by atoms with van der Waals surface area (Å²) in [6, 6.07) is 10.0. The highest BCUT2D eigenvalue weighted by Crippen LogP contribution is 2.37. The van der Waals surface area contributed by atoms with Crippen LogP contribution in [0.15, 0.2) is 30.3 Å². The van der Waals surface area contributed by atoms with Crippen LogP contribution in [0.2, 0.25) is 18.1 Å².